The lowest BCUT2D eigenvalue weighted by atomic mass is 10.1. The maximum atomic E-state index is 10.3. The molecule has 13 heavy (non-hydrogen) atoms. The van der Waals surface area contributed by atoms with Crippen molar-refractivity contribution < 1.29 is 9.90 Å². The first-order valence-corrected chi connectivity index (χ1v) is 4.36. The monoisotopic (exact) mass is 182 g/mol. The molecule has 0 saturated carbocycles. The molecule has 1 N–H and O–H groups in total. The fourth-order valence-corrected chi connectivity index (χ4v) is 0.713. The summed E-state index contributed by atoms with van der Waals surface area (Å²) in [6, 6.07) is 0. The molecular formula is C11H18O2. The lowest BCUT2D eigenvalue weighted by Gasteiger charge is -1.93. The Bertz CT molecular complexity index is 200. The zero-order valence-electron chi connectivity index (χ0n) is 8.58. The molecule has 0 unspecified atom stereocenters. The molecule has 0 heterocycles. The van der Waals surface area contributed by atoms with E-state index in [4.69, 9.17) is 5.11 Å². The van der Waals surface area contributed by atoms with Crippen molar-refractivity contribution in [1.29, 1.82) is 0 Å². The number of carboxylic acid groups (broad SMARTS) is 1. The molecule has 0 aromatic heterocycles. The number of hydrogen-bond acceptors (Lipinski definition) is 1. The fraction of sp³-hybridized carbons (Fsp3) is 0.364. The second kappa shape index (κ2) is 10.7. The van der Waals surface area contributed by atoms with Gasteiger partial charge in [-0.05, 0) is 12.5 Å². The Hall–Kier alpha value is -1.31. The van der Waals surface area contributed by atoms with E-state index in [9.17, 15) is 4.79 Å². The smallest absolute Gasteiger partial charge is 0.307 e. The summed E-state index contributed by atoms with van der Waals surface area (Å²) >= 11 is 0. The van der Waals surface area contributed by atoms with E-state index in [1.54, 1.807) is 24.3 Å². The minimum atomic E-state index is -0.823. The van der Waals surface area contributed by atoms with E-state index < -0.39 is 5.97 Å². The van der Waals surface area contributed by atoms with Crippen molar-refractivity contribution in [2.75, 3.05) is 0 Å². The molecule has 0 rings (SSSR count). The summed E-state index contributed by atoms with van der Waals surface area (Å²) in [6.07, 6.45) is 6.89. The molecular weight excluding hydrogens is 164 g/mol. The normalized spacial score (nSPS) is 10.5. The molecule has 2 nitrogen and oxygen atoms in total. The van der Waals surface area contributed by atoms with Crippen molar-refractivity contribution in [3.8, 4) is 0 Å². The molecule has 2 heteroatoms. The van der Waals surface area contributed by atoms with Gasteiger partial charge >= 0.3 is 5.97 Å². The van der Waals surface area contributed by atoms with Gasteiger partial charge in [0.2, 0.25) is 0 Å². The van der Waals surface area contributed by atoms with E-state index in [2.05, 4.69) is 6.58 Å². The van der Waals surface area contributed by atoms with Gasteiger partial charge in [0.15, 0.2) is 0 Å². The molecule has 0 bridgehead atoms. The van der Waals surface area contributed by atoms with Crippen LogP contribution >= 0.6 is 0 Å². The molecule has 74 valence electrons. The molecule has 0 spiro atoms. The van der Waals surface area contributed by atoms with Gasteiger partial charge < -0.3 is 5.11 Å². The lowest BCUT2D eigenvalue weighted by Crippen LogP contribution is -1.94. The summed E-state index contributed by atoms with van der Waals surface area (Å²) in [4.78, 5) is 10.3. The first-order chi connectivity index (χ1) is 6.20. The number of rotatable bonds is 4. The van der Waals surface area contributed by atoms with Gasteiger partial charge in [-0.25, -0.2) is 0 Å². The van der Waals surface area contributed by atoms with Crippen LogP contribution < -0.4 is 0 Å². The van der Waals surface area contributed by atoms with Gasteiger partial charge in [0, 0.05) is 0 Å². The van der Waals surface area contributed by atoms with Gasteiger partial charge in [0.1, 0.15) is 0 Å². The third kappa shape index (κ3) is 10.7. The first kappa shape index (κ1) is 14.2. The van der Waals surface area contributed by atoms with Crippen LogP contribution in [0.2, 0.25) is 0 Å². The maximum Gasteiger partial charge on any atom is 0.307 e. The second-order valence-electron chi connectivity index (χ2n) is 2.05. The number of carbonyl (C=O) groups is 1. The zero-order chi connectivity index (χ0) is 10.7. The van der Waals surface area contributed by atoms with E-state index in [1.807, 2.05) is 20.8 Å². The molecule has 0 aliphatic heterocycles. The van der Waals surface area contributed by atoms with Gasteiger partial charge in [-0.3, -0.25) is 4.79 Å². The van der Waals surface area contributed by atoms with Gasteiger partial charge in [-0.2, -0.15) is 0 Å². The van der Waals surface area contributed by atoms with E-state index >= 15 is 0 Å². The van der Waals surface area contributed by atoms with Crippen LogP contribution in [0.1, 0.15) is 27.2 Å². The molecule has 0 aliphatic carbocycles. The highest BCUT2D eigenvalue weighted by atomic mass is 16.4. The fourth-order valence-electron chi connectivity index (χ4n) is 0.713. The van der Waals surface area contributed by atoms with Crippen molar-refractivity contribution in [2.45, 2.75) is 27.2 Å². The summed E-state index contributed by atoms with van der Waals surface area (Å²) in [5.41, 5.74) is 0.759. The van der Waals surface area contributed by atoms with Gasteiger partial charge in [0.05, 0.1) is 6.42 Å². The van der Waals surface area contributed by atoms with Crippen molar-refractivity contribution >= 4 is 5.97 Å². The second-order valence-corrected chi connectivity index (χ2v) is 2.05. The van der Waals surface area contributed by atoms with Gasteiger partial charge in [-0.15, -0.1) is 0 Å². The van der Waals surface area contributed by atoms with Crippen LogP contribution in [-0.4, -0.2) is 11.1 Å². The highest BCUT2D eigenvalue weighted by Crippen LogP contribution is 2.03. The average molecular weight is 182 g/mol. The minimum Gasteiger partial charge on any atom is -0.481 e. The summed E-state index contributed by atoms with van der Waals surface area (Å²) in [6.45, 7) is 9.33. The van der Waals surface area contributed by atoms with Crippen LogP contribution in [0.25, 0.3) is 0 Å². The molecule has 0 aliphatic rings. The van der Waals surface area contributed by atoms with Gasteiger partial charge in [0.25, 0.3) is 0 Å². The number of carboxylic acids is 1. The van der Waals surface area contributed by atoms with Crippen LogP contribution in [0.4, 0.5) is 0 Å². The topological polar surface area (TPSA) is 37.3 Å². The quantitative estimate of drug-likeness (QED) is 0.678. The van der Waals surface area contributed by atoms with Crippen molar-refractivity contribution in [3.05, 3.63) is 36.5 Å². The predicted molar refractivity (Wildman–Crippen MR) is 56.7 cm³/mol. The molecule has 0 atom stereocenters. The van der Waals surface area contributed by atoms with Crippen LogP contribution in [0.3, 0.4) is 0 Å². The summed E-state index contributed by atoms with van der Waals surface area (Å²) in [5, 5.41) is 8.43. The van der Waals surface area contributed by atoms with E-state index in [-0.39, 0.29) is 6.42 Å². The highest BCUT2D eigenvalue weighted by molar-refractivity contribution is 5.71. The Labute approximate surface area is 80.3 Å². The van der Waals surface area contributed by atoms with Crippen molar-refractivity contribution in [1.82, 2.24) is 0 Å². The summed E-state index contributed by atoms with van der Waals surface area (Å²) < 4.78 is 0. The molecule has 0 radical (unpaired) electrons. The average Bonchev–Trinajstić information content (AvgIpc) is 2.08. The van der Waals surface area contributed by atoms with E-state index in [0.29, 0.717) is 0 Å². The molecule has 0 fully saturated rings. The molecule has 0 saturated heterocycles. The van der Waals surface area contributed by atoms with Crippen LogP contribution in [0.5, 0.6) is 0 Å². The van der Waals surface area contributed by atoms with Crippen molar-refractivity contribution in [2.24, 2.45) is 0 Å². The highest BCUT2D eigenvalue weighted by Gasteiger charge is 1.97. The first-order valence-electron chi connectivity index (χ1n) is 4.36. The SMILES string of the molecule is C=C/C=C(\C=C/C)CC(=O)O.CC. The lowest BCUT2D eigenvalue weighted by molar-refractivity contribution is -0.136. The van der Waals surface area contributed by atoms with Crippen LogP contribution in [-0.2, 0) is 4.79 Å². The van der Waals surface area contributed by atoms with Crippen LogP contribution in [0.15, 0.2) is 36.5 Å². The number of aliphatic carboxylic acids is 1. The Morgan fingerprint density at radius 2 is 2.00 bits per heavy atom. The molecule has 0 amide bonds. The summed E-state index contributed by atoms with van der Waals surface area (Å²) in [7, 11) is 0. The number of allylic oxidation sites excluding steroid dienone is 4. The van der Waals surface area contributed by atoms with Crippen molar-refractivity contribution in [3.63, 3.8) is 0 Å². The Kier molecular flexibility index (Phi) is 11.7. The minimum absolute atomic E-state index is 0.0519. The van der Waals surface area contributed by atoms with E-state index in [1.165, 1.54) is 0 Å². The maximum absolute atomic E-state index is 10.3. The largest absolute Gasteiger partial charge is 0.481 e. The third-order valence-corrected chi connectivity index (χ3v) is 1.07. The zero-order valence-corrected chi connectivity index (χ0v) is 8.58. The van der Waals surface area contributed by atoms with Crippen LogP contribution in [0, 0.1) is 0 Å². The Morgan fingerprint density at radius 3 is 2.31 bits per heavy atom. The molecule has 0 aromatic rings. The predicted octanol–water partition coefficient (Wildman–Crippen LogP) is 3.18. The number of hydrogen-bond donors (Lipinski definition) is 1. The van der Waals surface area contributed by atoms with Gasteiger partial charge in [-0.1, -0.05) is 44.7 Å². The Morgan fingerprint density at radius 1 is 1.46 bits per heavy atom. The third-order valence-electron chi connectivity index (χ3n) is 1.07. The molecule has 0 aromatic carbocycles. The Balaban J connectivity index is 0. The van der Waals surface area contributed by atoms with E-state index in [0.717, 1.165) is 5.57 Å². The standard InChI is InChI=1S/C9H12O2.C2H6/c1-3-5-8(6-4-2)7-9(10)11;1-2/h3-6H,1,7H2,2H3,(H,10,11);1-2H3/b6-4-,8-5+;. The summed E-state index contributed by atoms with van der Waals surface area (Å²) in [5.74, 6) is -0.823.